The summed E-state index contributed by atoms with van der Waals surface area (Å²) in [6.07, 6.45) is 1.72. The summed E-state index contributed by atoms with van der Waals surface area (Å²) in [5.74, 6) is 0. The van der Waals surface area contributed by atoms with Crippen LogP contribution < -0.4 is 0 Å². The molecule has 0 aliphatic carbocycles. The molecule has 0 unspecified atom stereocenters. The van der Waals surface area contributed by atoms with E-state index in [-0.39, 0.29) is 6.29 Å². The van der Waals surface area contributed by atoms with Crippen LogP contribution in [0, 0.1) is 0 Å². The van der Waals surface area contributed by atoms with Crippen LogP contribution in [-0.4, -0.2) is 30.3 Å². The quantitative estimate of drug-likeness (QED) is 0.402. The molecule has 0 N–H and O–H groups in total. The summed E-state index contributed by atoms with van der Waals surface area (Å²) in [4.78, 5) is 0. The van der Waals surface area contributed by atoms with Crippen LogP contribution in [0.4, 0.5) is 0 Å². The maximum Gasteiger partial charge on any atom is 0.167 e. The van der Waals surface area contributed by atoms with Crippen molar-refractivity contribution in [2.24, 2.45) is 0 Å². The summed E-state index contributed by atoms with van der Waals surface area (Å²) < 4.78 is 15.9. The highest BCUT2D eigenvalue weighted by Gasteiger charge is 2.04. The van der Waals surface area contributed by atoms with Gasteiger partial charge in [-0.2, -0.15) is 0 Å². The second-order valence-electron chi connectivity index (χ2n) is 3.69. The standard InChI is InChI=1S/C13H20O3Si/c1-4-11-6-5-7-12(8-11)9-16-17-10-13(14-2)15-3/h4-8,13H,1,9-10,17H2,2-3H3. The molecule has 0 radical (unpaired) electrons. The van der Waals surface area contributed by atoms with Crippen molar-refractivity contribution in [2.45, 2.75) is 18.9 Å². The topological polar surface area (TPSA) is 27.7 Å². The number of hydrogen-bond acceptors (Lipinski definition) is 3. The van der Waals surface area contributed by atoms with Crippen LogP contribution in [-0.2, 0) is 20.5 Å². The van der Waals surface area contributed by atoms with Gasteiger partial charge in [-0.25, -0.2) is 0 Å². The van der Waals surface area contributed by atoms with E-state index in [1.807, 2.05) is 18.2 Å². The molecule has 1 rings (SSSR count). The fourth-order valence-corrected chi connectivity index (χ4v) is 2.72. The Bertz CT molecular complexity index is 337. The Labute approximate surface area is 105 Å². The fraction of sp³-hybridized carbons (Fsp3) is 0.385. The molecule has 4 heteroatoms. The first-order valence-corrected chi connectivity index (χ1v) is 7.22. The van der Waals surface area contributed by atoms with Crippen LogP contribution >= 0.6 is 0 Å². The van der Waals surface area contributed by atoms with Crippen molar-refractivity contribution in [3.05, 3.63) is 42.0 Å². The number of hydrogen-bond donors (Lipinski definition) is 0. The van der Waals surface area contributed by atoms with E-state index in [4.69, 9.17) is 13.9 Å². The minimum Gasteiger partial charge on any atom is -0.420 e. The summed E-state index contributed by atoms with van der Waals surface area (Å²) in [6.45, 7) is 4.41. The lowest BCUT2D eigenvalue weighted by atomic mass is 10.1. The lowest BCUT2D eigenvalue weighted by molar-refractivity contribution is -0.0888. The van der Waals surface area contributed by atoms with Crippen molar-refractivity contribution in [1.29, 1.82) is 0 Å². The first-order chi connectivity index (χ1) is 8.30. The maximum absolute atomic E-state index is 5.70. The molecule has 0 fully saturated rings. The second-order valence-corrected chi connectivity index (χ2v) is 5.09. The zero-order valence-corrected chi connectivity index (χ0v) is 11.9. The van der Waals surface area contributed by atoms with E-state index in [0.29, 0.717) is 6.61 Å². The van der Waals surface area contributed by atoms with Gasteiger partial charge in [0.25, 0.3) is 0 Å². The molecular formula is C13H20O3Si. The molecule has 0 aliphatic rings. The summed E-state index contributed by atoms with van der Waals surface area (Å²) in [5, 5.41) is 0. The van der Waals surface area contributed by atoms with Crippen molar-refractivity contribution in [1.82, 2.24) is 0 Å². The molecule has 1 aromatic rings. The summed E-state index contributed by atoms with van der Waals surface area (Å²) >= 11 is 0. The molecular weight excluding hydrogens is 232 g/mol. The molecule has 0 heterocycles. The molecule has 0 amide bonds. The Morgan fingerprint density at radius 1 is 1.35 bits per heavy atom. The lowest BCUT2D eigenvalue weighted by Crippen LogP contribution is -2.16. The van der Waals surface area contributed by atoms with Crippen molar-refractivity contribution in [2.75, 3.05) is 14.2 Å². The average molecular weight is 252 g/mol. The Morgan fingerprint density at radius 3 is 2.76 bits per heavy atom. The number of methoxy groups -OCH3 is 2. The highest BCUT2D eigenvalue weighted by Crippen LogP contribution is 2.08. The van der Waals surface area contributed by atoms with E-state index < -0.39 is 9.76 Å². The van der Waals surface area contributed by atoms with Crippen molar-refractivity contribution >= 4 is 15.8 Å². The average Bonchev–Trinajstić information content (AvgIpc) is 2.39. The van der Waals surface area contributed by atoms with Gasteiger partial charge in [0.05, 0.1) is 6.61 Å². The molecule has 17 heavy (non-hydrogen) atoms. The molecule has 0 bridgehead atoms. The van der Waals surface area contributed by atoms with Crippen LogP contribution in [0.1, 0.15) is 11.1 Å². The molecule has 3 nitrogen and oxygen atoms in total. The van der Waals surface area contributed by atoms with Gasteiger partial charge in [0.15, 0.2) is 16.1 Å². The van der Waals surface area contributed by atoms with Crippen molar-refractivity contribution in [3.63, 3.8) is 0 Å². The van der Waals surface area contributed by atoms with Crippen LogP contribution in [0.25, 0.3) is 6.08 Å². The zero-order valence-electron chi connectivity index (χ0n) is 10.5. The molecule has 0 spiro atoms. The Morgan fingerprint density at radius 2 is 2.12 bits per heavy atom. The molecule has 0 saturated heterocycles. The minimum atomic E-state index is -0.596. The Balaban J connectivity index is 2.28. The van der Waals surface area contributed by atoms with E-state index in [1.54, 1.807) is 14.2 Å². The summed E-state index contributed by atoms with van der Waals surface area (Å²) in [5.41, 5.74) is 2.31. The van der Waals surface area contributed by atoms with Gasteiger partial charge in [0, 0.05) is 20.3 Å². The van der Waals surface area contributed by atoms with Crippen molar-refractivity contribution in [3.8, 4) is 0 Å². The van der Waals surface area contributed by atoms with E-state index in [0.717, 1.165) is 11.6 Å². The first kappa shape index (κ1) is 14.1. The molecule has 0 aromatic heterocycles. The smallest absolute Gasteiger partial charge is 0.167 e. The Hall–Kier alpha value is -0.943. The zero-order chi connectivity index (χ0) is 12.5. The predicted molar refractivity (Wildman–Crippen MR) is 72.5 cm³/mol. The molecule has 0 aliphatic heterocycles. The third-order valence-corrected chi connectivity index (χ3v) is 3.68. The predicted octanol–water partition coefficient (Wildman–Crippen LogP) is 1.97. The van der Waals surface area contributed by atoms with Crippen LogP contribution in [0.5, 0.6) is 0 Å². The maximum atomic E-state index is 5.70. The van der Waals surface area contributed by atoms with Crippen LogP contribution in [0.2, 0.25) is 6.04 Å². The molecule has 0 atom stereocenters. The minimum absolute atomic E-state index is 0.124. The second kappa shape index (κ2) is 8.19. The van der Waals surface area contributed by atoms with Gasteiger partial charge >= 0.3 is 0 Å². The summed E-state index contributed by atoms with van der Waals surface area (Å²) in [6, 6.07) is 9.06. The number of rotatable bonds is 8. The number of ether oxygens (including phenoxy) is 2. The first-order valence-electron chi connectivity index (χ1n) is 5.65. The summed E-state index contributed by atoms with van der Waals surface area (Å²) in [7, 11) is 2.70. The van der Waals surface area contributed by atoms with Gasteiger partial charge in [-0.3, -0.25) is 0 Å². The molecule has 0 saturated carbocycles. The van der Waals surface area contributed by atoms with Crippen LogP contribution in [0.15, 0.2) is 30.8 Å². The third kappa shape index (κ3) is 5.28. The largest absolute Gasteiger partial charge is 0.420 e. The van der Waals surface area contributed by atoms with Gasteiger partial charge in [-0.1, -0.05) is 30.9 Å². The van der Waals surface area contributed by atoms with E-state index in [2.05, 4.69) is 18.7 Å². The molecule has 94 valence electrons. The van der Waals surface area contributed by atoms with E-state index in [1.165, 1.54) is 5.56 Å². The number of benzene rings is 1. The van der Waals surface area contributed by atoms with Gasteiger partial charge in [-0.15, -0.1) is 0 Å². The van der Waals surface area contributed by atoms with Gasteiger partial charge in [0.1, 0.15) is 0 Å². The lowest BCUT2D eigenvalue weighted by Gasteiger charge is -2.12. The Kier molecular flexibility index (Phi) is 6.80. The third-order valence-electron chi connectivity index (χ3n) is 2.48. The fourth-order valence-electron chi connectivity index (χ4n) is 1.51. The van der Waals surface area contributed by atoms with Crippen molar-refractivity contribution < 1.29 is 13.9 Å². The molecule has 1 aromatic carbocycles. The highest BCUT2D eigenvalue weighted by molar-refractivity contribution is 6.27. The highest BCUT2D eigenvalue weighted by atomic mass is 28.2. The van der Waals surface area contributed by atoms with Crippen LogP contribution in [0.3, 0.4) is 0 Å². The van der Waals surface area contributed by atoms with Gasteiger partial charge < -0.3 is 13.9 Å². The van der Waals surface area contributed by atoms with E-state index >= 15 is 0 Å². The SMILES string of the molecule is C=Cc1cccc(CO[SiH2]CC(OC)OC)c1. The normalized spacial score (nSPS) is 11.5. The van der Waals surface area contributed by atoms with Gasteiger partial charge in [0.2, 0.25) is 0 Å². The van der Waals surface area contributed by atoms with Gasteiger partial charge in [-0.05, 0) is 17.2 Å². The monoisotopic (exact) mass is 252 g/mol. The van der Waals surface area contributed by atoms with E-state index in [9.17, 15) is 0 Å².